The number of benzene rings is 14. The lowest BCUT2D eigenvalue weighted by atomic mass is 9.33. The smallest absolute Gasteiger partial charge is 0.252 e. The number of aromatic nitrogens is 2. The Labute approximate surface area is 629 Å². The summed E-state index contributed by atoms with van der Waals surface area (Å²) in [6, 6.07) is 52.3. The van der Waals surface area contributed by atoms with Crippen molar-refractivity contribution in [2.75, 3.05) is 14.7 Å². The lowest BCUT2D eigenvalue weighted by molar-refractivity contribution is 0.590. The van der Waals surface area contributed by atoms with E-state index >= 15 is 0 Å². The zero-order valence-electron chi connectivity index (χ0n) is 78.8. The van der Waals surface area contributed by atoms with Gasteiger partial charge in [0.05, 0.1) is 62.2 Å². The molecule has 0 saturated carbocycles. The van der Waals surface area contributed by atoms with E-state index in [1.165, 1.54) is 4.57 Å². The number of hydrogen-bond acceptors (Lipinski definition) is 3. The highest BCUT2D eigenvalue weighted by Gasteiger charge is 2.46. The van der Waals surface area contributed by atoms with Gasteiger partial charge in [-0.3, -0.25) is 0 Å². The molecule has 5 nitrogen and oxygen atoms in total. The molecule has 0 spiro atoms. The number of para-hydroxylation sites is 5. The minimum Gasteiger partial charge on any atom is -0.311 e. The van der Waals surface area contributed by atoms with Crippen LogP contribution in [-0.4, -0.2) is 15.8 Å². The summed E-state index contributed by atoms with van der Waals surface area (Å²) in [7, 11) is 0. The minimum absolute atomic E-state index is 0.0675. The van der Waals surface area contributed by atoms with Gasteiger partial charge in [0.1, 0.15) is 0 Å². The highest BCUT2D eigenvalue weighted by atomic mass is 15.2. The first-order valence-corrected chi connectivity index (χ1v) is 34.3. The molecular weight excluding hydrogens is 1230 g/mol. The molecule has 0 atom stereocenters. The predicted octanol–water partition coefficient (Wildman–Crippen LogP) is 24.3. The predicted molar refractivity (Wildman–Crippen MR) is 436 cm³/mol. The third-order valence-electron chi connectivity index (χ3n) is 20.1. The second-order valence-electron chi connectivity index (χ2n) is 29.4. The molecule has 0 saturated heterocycles. The molecule has 0 unspecified atom stereocenters. The number of anilines is 9. The Hall–Kier alpha value is -11.9. The van der Waals surface area contributed by atoms with E-state index < -0.39 is 144 Å². The molecular formula is C96H80BN5. The molecule has 2 aromatic heterocycles. The average Bonchev–Trinajstić information content (AvgIpc) is 1.44. The van der Waals surface area contributed by atoms with Crippen molar-refractivity contribution in [1.82, 2.24) is 9.13 Å². The molecule has 16 aromatic rings. The topological polar surface area (TPSA) is 19.6 Å². The number of fused-ring (bicyclic) bond motifs is 10. The first kappa shape index (κ1) is 43.6. The van der Waals surface area contributed by atoms with E-state index in [1.54, 1.807) is 33.7 Å². The first-order chi connectivity index (χ1) is 58.2. The van der Waals surface area contributed by atoms with Crippen molar-refractivity contribution in [2.45, 2.75) is 78.6 Å². The van der Waals surface area contributed by atoms with Gasteiger partial charge in [0.2, 0.25) is 0 Å². The van der Waals surface area contributed by atoms with Crippen LogP contribution in [0, 0.1) is 0 Å². The fourth-order valence-electron chi connectivity index (χ4n) is 15.1. The summed E-state index contributed by atoms with van der Waals surface area (Å²) in [5.41, 5.74) is 13.5. The van der Waals surface area contributed by atoms with Crippen molar-refractivity contribution in [3.8, 4) is 44.8 Å². The van der Waals surface area contributed by atoms with E-state index in [0.717, 1.165) is 89.2 Å². The van der Waals surface area contributed by atoms with Crippen molar-refractivity contribution >= 4 is 118 Å². The van der Waals surface area contributed by atoms with Gasteiger partial charge in [-0.15, -0.1) is 0 Å². The van der Waals surface area contributed by atoms with Crippen molar-refractivity contribution in [1.29, 1.82) is 0 Å². The van der Waals surface area contributed by atoms with Gasteiger partial charge in [0.15, 0.2) is 0 Å². The standard InChI is InChI=1S/C96H80BN5/c1-94(2,3)66-46-55-87(78(56-66)63-30-14-10-15-31-63)101-88-61-72(98(69-36-20-13-21-37-69)70-47-49-71(50-48-70)99-83-42-26-22-38-74(83)75-39-23-27-43-84(75)99)51-53-81(88)97-82-54-52-73(100-85-44-28-24-40-76(85)77-41-25-29-45-86(77)100)62-89(82)102(91-60-68(96(7,8)9)59-90(101)92(91)97)93-79(64-32-16-11-17-33-64)57-67(95(4,5)6)58-80(93)65-34-18-12-19-35-65/h10-62H,1-9H3/i13D,20D,21D,22D,23D,24D,25D,26D,27D,28D,29D,36D,37D,38D,39D,40D,41D,42D,43D,44D,45D. The van der Waals surface area contributed by atoms with Gasteiger partial charge in [-0.2, -0.15) is 0 Å². The fourth-order valence-corrected chi connectivity index (χ4v) is 15.1. The number of nitrogens with zero attached hydrogens (tertiary/aromatic N) is 5. The summed E-state index contributed by atoms with van der Waals surface area (Å²) in [6.07, 6.45) is 0. The molecule has 0 fully saturated rings. The van der Waals surface area contributed by atoms with Crippen molar-refractivity contribution in [3.05, 3.63) is 338 Å². The van der Waals surface area contributed by atoms with Crippen LogP contribution < -0.4 is 31.1 Å². The van der Waals surface area contributed by atoms with Crippen LogP contribution in [0.2, 0.25) is 0 Å². The van der Waals surface area contributed by atoms with E-state index in [4.69, 9.17) is 9.60 Å². The zero-order valence-corrected chi connectivity index (χ0v) is 57.8. The van der Waals surface area contributed by atoms with Crippen LogP contribution in [0.1, 0.15) is 108 Å². The van der Waals surface area contributed by atoms with E-state index in [9.17, 15) is 19.2 Å². The second-order valence-corrected chi connectivity index (χ2v) is 29.4. The molecule has 6 heteroatoms. The summed E-state index contributed by atoms with van der Waals surface area (Å²) < 4.78 is 199. The van der Waals surface area contributed by atoms with Crippen LogP contribution >= 0.6 is 0 Å². The largest absolute Gasteiger partial charge is 0.311 e. The Bertz CT molecular complexity index is 7030. The van der Waals surface area contributed by atoms with E-state index in [-0.39, 0.29) is 66.1 Å². The molecule has 0 bridgehead atoms. The summed E-state index contributed by atoms with van der Waals surface area (Å²) in [4.78, 5) is 6.16. The van der Waals surface area contributed by atoms with Gasteiger partial charge >= 0.3 is 0 Å². The van der Waals surface area contributed by atoms with Crippen molar-refractivity contribution in [3.63, 3.8) is 0 Å². The van der Waals surface area contributed by atoms with Crippen molar-refractivity contribution < 1.29 is 28.8 Å². The van der Waals surface area contributed by atoms with Gasteiger partial charge in [0, 0.05) is 89.4 Å². The number of rotatable bonds is 10. The zero-order chi connectivity index (χ0) is 87.6. The maximum absolute atomic E-state index is 9.93. The molecule has 0 radical (unpaired) electrons. The van der Waals surface area contributed by atoms with E-state index in [2.05, 4.69) is 151 Å². The Balaban J connectivity index is 1.000. The van der Waals surface area contributed by atoms with Crippen LogP contribution in [0.15, 0.2) is 321 Å². The molecule has 2 aliphatic heterocycles. The Kier molecular flexibility index (Phi) is 10.2. The maximum Gasteiger partial charge on any atom is 0.252 e. The van der Waals surface area contributed by atoms with Crippen molar-refractivity contribution in [2.24, 2.45) is 0 Å². The molecule has 2 aliphatic rings. The summed E-state index contributed by atoms with van der Waals surface area (Å²) in [6.45, 7) is 18.7. The monoisotopic (exact) mass is 1330 g/mol. The molecule has 0 N–H and O–H groups in total. The minimum atomic E-state index is -0.775. The molecule has 4 heterocycles. The third kappa shape index (κ3) is 10.3. The number of hydrogen-bond donors (Lipinski definition) is 0. The van der Waals surface area contributed by atoms with Crippen LogP contribution in [0.4, 0.5) is 51.2 Å². The van der Waals surface area contributed by atoms with E-state index in [1.807, 2.05) is 91.0 Å². The van der Waals surface area contributed by atoms with Crippen LogP contribution in [0.3, 0.4) is 0 Å². The lowest BCUT2D eigenvalue weighted by Gasteiger charge is -2.46. The van der Waals surface area contributed by atoms with Gasteiger partial charge in [-0.05, 0) is 187 Å². The Morgan fingerprint density at radius 3 is 1.21 bits per heavy atom. The molecule has 14 aromatic carbocycles. The highest BCUT2D eigenvalue weighted by molar-refractivity contribution is 7.00. The van der Waals surface area contributed by atoms with Gasteiger partial charge < -0.3 is 23.8 Å². The van der Waals surface area contributed by atoms with Gasteiger partial charge in [-0.25, -0.2) is 0 Å². The maximum atomic E-state index is 9.93. The molecule has 102 heavy (non-hydrogen) atoms. The van der Waals surface area contributed by atoms with E-state index in [0.29, 0.717) is 22.7 Å². The first-order valence-electron chi connectivity index (χ1n) is 44.8. The SMILES string of the molecule is [2H]c1c([2H])c([2H])c(N(c2ccc(-n3c4c([2H])c([2H])c([2H])c([2H])c4c4c([2H])c([2H])c([2H])c([2H])c43)cc2)c2ccc3c(c2)N(c2ccc(C(C)(C)C)cc2-c2ccccc2)c2cc(C(C)(C)C)cc4c2B3c2ccc(-n3c5c([2H])c([2H])c([2H])c([2H])c5c5c([2H])c([2H])c([2H])c([2H])c53)cc2N4c2c(-c3ccccc3)cc(C(C)(C)C)cc2-c2ccccc2)c([2H])c1[2H]. The van der Waals surface area contributed by atoms with Gasteiger partial charge in [-0.1, -0.05) is 262 Å². The lowest BCUT2D eigenvalue weighted by Crippen LogP contribution is -2.61. The quantitative estimate of drug-likeness (QED) is 0.127. The second kappa shape index (κ2) is 23.9. The fraction of sp³-hybridized carbons (Fsp3) is 0.125. The van der Waals surface area contributed by atoms with Crippen LogP contribution in [0.25, 0.3) is 88.4 Å². The molecule has 492 valence electrons. The molecule has 0 amide bonds. The van der Waals surface area contributed by atoms with Crippen LogP contribution in [0.5, 0.6) is 0 Å². The average molecular weight is 1340 g/mol. The summed E-state index contributed by atoms with van der Waals surface area (Å²) >= 11 is 0. The normalized spacial score (nSPS) is 15.8. The summed E-state index contributed by atoms with van der Waals surface area (Å²) in [5, 5.41) is -0.436. The highest BCUT2D eigenvalue weighted by Crippen LogP contribution is 2.55. The molecule has 18 rings (SSSR count). The third-order valence-corrected chi connectivity index (χ3v) is 20.1. The van der Waals surface area contributed by atoms with Gasteiger partial charge in [0.25, 0.3) is 6.71 Å². The molecule has 0 aliphatic carbocycles. The Morgan fingerprint density at radius 1 is 0.304 bits per heavy atom. The Morgan fingerprint density at radius 2 is 0.706 bits per heavy atom. The summed E-state index contributed by atoms with van der Waals surface area (Å²) in [5.74, 6) is 0. The van der Waals surface area contributed by atoms with Crippen LogP contribution in [-0.2, 0) is 16.2 Å².